The van der Waals surface area contributed by atoms with Crippen molar-refractivity contribution in [2.45, 2.75) is 46.1 Å². The van der Waals surface area contributed by atoms with Crippen LogP contribution < -0.4 is 14.8 Å². The van der Waals surface area contributed by atoms with Gasteiger partial charge in [-0.3, -0.25) is 4.79 Å². The summed E-state index contributed by atoms with van der Waals surface area (Å²) in [5.41, 5.74) is 5.03. The van der Waals surface area contributed by atoms with Gasteiger partial charge in [-0.1, -0.05) is 75.7 Å². The van der Waals surface area contributed by atoms with E-state index in [0.29, 0.717) is 35.0 Å². The van der Waals surface area contributed by atoms with E-state index >= 15 is 0 Å². The summed E-state index contributed by atoms with van der Waals surface area (Å²) in [4.78, 5) is 12.8. The SMILES string of the molecule is COc1cc(C=CC(=O)Nc2c(C(C)C)cccc2C(C)C)ccc1OCc1ccc(Cl)cc1. The molecule has 5 heteroatoms. The van der Waals surface area contributed by atoms with Gasteiger partial charge in [0.25, 0.3) is 0 Å². The normalized spacial score (nSPS) is 11.3. The highest BCUT2D eigenvalue weighted by Gasteiger charge is 2.15. The van der Waals surface area contributed by atoms with Gasteiger partial charge in [0.05, 0.1) is 7.11 Å². The maximum Gasteiger partial charge on any atom is 0.248 e. The lowest BCUT2D eigenvalue weighted by Crippen LogP contribution is -2.13. The molecule has 0 heterocycles. The van der Waals surface area contributed by atoms with Gasteiger partial charge in [0, 0.05) is 16.8 Å². The standard InChI is InChI=1S/C29H32ClNO3/c1-19(2)24-7-6-8-25(20(3)4)29(24)31-28(32)16-12-21-11-15-26(27(17-21)33-5)34-18-22-9-13-23(30)14-10-22/h6-17,19-20H,18H2,1-5H3,(H,31,32). The molecule has 0 aliphatic carbocycles. The molecule has 0 saturated carbocycles. The Hall–Kier alpha value is -3.24. The third kappa shape index (κ3) is 6.64. The predicted molar refractivity (Wildman–Crippen MR) is 141 cm³/mol. The molecule has 3 aromatic rings. The maximum absolute atomic E-state index is 12.8. The van der Waals surface area contributed by atoms with Crippen LogP contribution >= 0.6 is 11.6 Å². The predicted octanol–water partition coefficient (Wildman–Crippen LogP) is 7.83. The molecule has 34 heavy (non-hydrogen) atoms. The number of nitrogens with one attached hydrogen (secondary N) is 1. The fraction of sp³-hybridized carbons (Fsp3) is 0.276. The zero-order valence-electron chi connectivity index (χ0n) is 20.4. The van der Waals surface area contributed by atoms with Gasteiger partial charge in [-0.05, 0) is 64.4 Å². The minimum Gasteiger partial charge on any atom is -0.493 e. The second-order valence-corrected chi connectivity index (χ2v) is 9.21. The molecule has 0 fully saturated rings. The molecule has 178 valence electrons. The average Bonchev–Trinajstić information content (AvgIpc) is 2.82. The van der Waals surface area contributed by atoms with Gasteiger partial charge < -0.3 is 14.8 Å². The molecule has 1 N–H and O–H groups in total. The van der Waals surface area contributed by atoms with Crippen molar-refractivity contribution in [1.82, 2.24) is 0 Å². The Morgan fingerprint density at radius 2 is 1.59 bits per heavy atom. The van der Waals surface area contributed by atoms with Crippen molar-refractivity contribution >= 4 is 29.3 Å². The van der Waals surface area contributed by atoms with Crippen molar-refractivity contribution < 1.29 is 14.3 Å². The van der Waals surface area contributed by atoms with E-state index in [2.05, 4.69) is 51.2 Å². The van der Waals surface area contributed by atoms with Crippen LogP contribution in [0.2, 0.25) is 5.02 Å². The topological polar surface area (TPSA) is 47.6 Å². The first-order valence-electron chi connectivity index (χ1n) is 11.5. The average molecular weight is 478 g/mol. The largest absolute Gasteiger partial charge is 0.493 e. The smallest absolute Gasteiger partial charge is 0.248 e. The summed E-state index contributed by atoms with van der Waals surface area (Å²) in [6.07, 6.45) is 3.32. The second-order valence-electron chi connectivity index (χ2n) is 8.77. The lowest BCUT2D eigenvalue weighted by molar-refractivity contribution is -0.111. The number of benzene rings is 3. The number of anilines is 1. The van der Waals surface area contributed by atoms with Gasteiger partial charge in [0.1, 0.15) is 6.61 Å². The number of rotatable bonds is 9. The van der Waals surface area contributed by atoms with Crippen LogP contribution in [0.1, 0.15) is 61.8 Å². The van der Waals surface area contributed by atoms with Gasteiger partial charge in [-0.25, -0.2) is 0 Å². The zero-order chi connectivity index (χ0) is 24.7. The minimum atomic E-state index is -0.169. The fourth-order valence-corrected chi connectivity index (χ4v) is 3.81. The first kappa shape index (κ1) is 25.4. The van der Waals surface area contributed by atoms with E-state index in [0.717, 1.165) is 27.9 Å². The van der Waals surface area contributed by atoms with E-state index in [1.165, 1.54) is 0 Å². The molecule has 0 spiro atoms. The van der Waals surface area contributed by atoms with Crippen LogP contribution in [0, 0.1) is 0 Å². The monoisotopic (exact) mass is 477 g/mol. The summed E-state index contributed by atoms with van der Waals surface area (Å²) >= 11 is 5.94. The summed E-state index contributed by atoms with van der Waals surface area (Å²) < 4.78 is 11.4. The van der Waals surface area contributed by atoms with Crippen LogP contribution in [-0.2, 0) is 11.4 Å². The molecule has 0 bridgehead atoms. The Balaban J connectivity index is 1.72. The Morgan fingerprint density at radius 1 is 0.941 bits per heavy atom. The summed E-state index contributed by atoms with van der Waals surface area (Å²) in [5.74, 6) is 1.68. The van der Waals surface area contributed by atoms with Crippen LogP contribution in [0.3, 0.4) is 0 Å². The van der Waals surface area contributed by atoms with E-state index < -0.39 is 0 Å². The van der Waals surface area contributed by atoms with E-state index in [-0.39, 0.29) is 5.91 Å². The lowest BCUT2D eigenvalue weighted by Gasteiger charge is -2.19. The third-order valence-electron chi connectivity index (χ3n) is 5.54. The number of para-hydroxylation sites is 1. The molecule has 1 amide bonds. The number of carbonyl (C=O) groups excluding carboxylic acids is 1. The molecule has 4 nitrogen and oxygen atoms in total. The van der Waals surface area contributed by atoms with Crippen LogP contribution in [-0.4, -0.2) is 13.0 Å². The molecular formula is C29H32ClNO3. The lowest BCUT2D eigenvalue weighted by atomic mass is 9.92. The highest BCUT2D eigenvalue weighted by Crippen LogP contribution is 2.33. The van der Waals surface area contributed by atoms with Crippen molar-refractivity contribution in [1.29, 1.82) is 0 Å². The fourth-order valence-electron chi connectivity index (χ4n) is 3.68. The third-order valence-corrected chi connectivity index (χ3v) is 5.80. The summed E-state index contributed by atoms with van der Waals surface area (Å²) in [6.45, 7) is 8.93. The molecular weight excluding hydrogens is 446 g/mol. The minimum absolute atomic E-state index is 0.169. The van der Waals surface area contributed by atoms with E-state index in [4.69, 9.17) is 21.1 Å². The Bertz CT molecular complexity index is 1120. The number of ether oxygens (including phenoxy) is 2. The zero-order valence-corrected chi connectivity index (χ0v) is 21.1. The Labute approximate surface area is 207 Å². The summed E-state index contributed by atoms with van der Waals surface area (Å²) in [6, 6.07) is 19.3. The molecule has 0 saturated heterocycles. The molecule has 0 unspecified atom stereocenters. The van der Waals surface area contributed by atoms with Crippen molar-refractivity contribution in [2.24, 2.45) is 0 Å². The molecule has 0 atom stereocenters. The van der Waals surface area contributed by atoms with Gasteiger partial charge in [0.15, 0.2) is 11.5 Å². The van der Waals surface area contributed by atoms with Gasteiger partial charge in [0.2, 0.25) is 5.91 Å². The first-order valence-corrected chi connectivity index (χ1v) is 11.8. The molecule has 0 aromatic heterocycles. The van der Waals surface area contributed by atoms with E-state index in [9.17, 15) is 4.79 Å². The summed E-state index contributed by atoms with van der Waals surface area (Å²) in [7, 11) is 1.60. The van der Waals surface area contributed by atoms with Crippen molar-refractivity contribution in [3.8, 4) is 11.5 Å². The Morgan fingerprint density at radius 3 is 2.18 bits per heavy atom. The van der Waals surface area contributed by atoms with E-state index in [1.807, 2.05) is 42.5 Å². The maximum atomic E-state index is 12.8. The number of amides is 1. The van der Waals surface area contributed by atoms with Crippen LogP contribution in [0.5, 0.6) is 11.5 Å². The van der Waals surface area contributed by atoms with Gasteiger partial charge >= 0.3 is 0 Å². The number of hydrogen-bond acceptors (Lipinski definition) is 3. The summed E-state index contributed by atoms with van der Waals surface area (Å²) in [5, 5.41) is 3.79. The molecule has 3 rings (SSSR count). The molecule has 0 radical (unpaired) electrons. The molecule has 3 aromatic carbocycles. The number of halogens is 1. The van der Waals surface area contributed by atoms with Crippen molar-refractivity contribution in [2.75, 3.05) is 12.4 Å². The highest BCUT2D eigenvalue weighted by molar-refractivity contribution is 6.30. The number of carbonyl (C=O) groups is 1. The van der Waals surface area contributed by atoms with Gasteiger partial charge in [-0.15, -0.1) is 0 Å². The molecule has 0 aliphatic rings. The van der Waals surface area contributed by atoms with Crippen LogP contribution in [0.4, 0.5) is 5.69 Å². The van der Waals surface area contributed by atoms with Crippen molar-refractivity contribution in [3.63, 3.8) is 0 Å². The quantitative estimate of drug-likeness (QED) is 0.319. The first-order chi connectivity index (χ1) is 16.3. The highest BCUT2D eigenvalue weighted by atomic mass is 35.5. The second kappa shape index (κ2) is 11.8. The van der Waals surface area contributed by atoms with Crippen molar-refractivity contribution in [3.05, 3.63) is 94.0 Å². The van der Waals surface area contributed by atoms with Crippen LogP contribution in [0.25, 0.3) is 6.08 Å². The number of hydrogen-bond donors (Lipinski definition) is 1. The molecule has 0 aliphatic heterocycles. The van der Waals surface area contributed by atoms with Gasteiger partial charge in [-0.2, -0.15) is 0 Å². The van der Waals surface area contributed by atoms with E-state index in [1.54, 1.807) is 19.3 Å². The number of methoxy groups -OCH3 is 1. The van der Waals surface area contributed by atoms with Crippen LogP contribution in [0.15, 0.2) is 66.7 Å². The Kier molecular flexibility index (Phi) is 8.78.